The van der Waals surface area contributed by atoms with Crippen molar-refractivity contribution in [3.05, 3.63) is 87.5 Å². The Kier molecular flexibility index (Phi) is 6.80. The van der Waals surface area contributed by atoms with Crippen LogP contribution in [0.5, 0.6) is 0 Å². The van der Waals surface area contributed by atoms with E-state index in [0.29, 0.717) is 19.5 Å². The van der Waals surface area contributed by atoms with E-state index in [0.717, 1.165) is 19.5 Å². The Balaban J connectivity index is 1.63. The van der Waals surface area contributed by atoms with Crippen molar-refractivity contribution in [1.82, 2.24) is 0 Å². The molecule has 1 aliphatic rings. The van der Waals surface area contributed by atoms with Gasteiger partial charge in [0.2, 0.25) is 0 Å². The van der Waals surface area contributed by atoms with E-state index < -0.39 is 23.7 Å². The maximum atomic E-state index is 13.9. The highest BCUT2D eigenvalue weighted by Gasteiger charge is 2.63. The first-order valence-electron chi connectivity index (χ1n) is 11.6. The van der Waals surface area contributed by atoms with Crippen molar-refractivity contribution in [2.45, 2.75) is 27.7 Å². The molecule has 1 saturated carbocycles. The Morgan fingerprint density at radius 1 is 0.417 bits per heavy atom. The number of carbonyl (C=O) groups excluding carboxylic acids is 4. The van der Waals surface area contributed by atoms with Crippen molar-refractivity contribution >= 4 is 68.5 Å². The summed E-state index contributed by atoms with van der Waals surface area (Å²) in [4.78, 5) is 61.4. The first kappa shape index (κ1) is 25.1. The molecule has 0 amide bonds. The minimum Gasteiger partial charge on any atom is -0.293 e. The van der Waals surface area contributed by atoms with Crippen molar-refractivity contribution in [3.63, 3.8) is 0 Å². The topological polar surface area (TPSA) is 68.3 Å². The van der Waals surface area contributed by atoms with Gasteiger partial charge in [0.25, 0.3) is 0 Å². The number of thiophene rings is 4. The summed E-state index contributed by atoms with van der Waals surface area (Å²) in [5.41, 5.74) is 0. The summed E-state index contributed by atoms with van der Waals surface area (Å²) >= 11 is 5.44. The number of carbonyl (C=O) groups is 4. The molecule has 1 aliphatic carbocycles. The minimum atomic E-state index is -0.872. The molecule has 0 saturated heterocycles. The van der Waals surface area contributed by atoms with E-state index >= 15 is 0 Å². The Bertz CT molecular complexity index is 1260. The molecular weight excluding hydrogens is 529 g/mol. The lowest BCUT2D eigenvalue weighted by atomic mass is 9.51. The lowest BCUT2D eigenvalue weighted by Crippen LogP contribution is -2.59. The normalized spacial score (nSPS) is 21.2. The smallest absolute Gasteiger partial charge is 0.177 e. The van der Waals surface area contributed by atoms with Crippen LogP contribution in [0.2, 0.25) is 0 Å². The predicted molar refractivity (Wildman–Crippen MR) is 148 cm³/mol. The van der Waals surface area contributed by atoms with Crippen molar-refractivity contribution in [3.8, 4) is 0 Å². The van der Waals surface area contributed by atoms with Gasteiger partial charge in [0, 0.05) is 43.2 Å². The number of ketones is 4. The van der Waals surface area contributed by atoms with Crippen molar-refractivity contribution < 1.29 is 19.2 Å². The van der Waals surface area contributed by atoms with Crippen LogP contribution in [0.1, 0.15) is 58.2 Å². The molecule has 0 spiro atoms. The van der Waals surface area contributed by atoms with Crippen molar-refractivity contribution in [2.24, 2.45) is 23.7 Å². The fourth-order valence-corrected chi connectivity index (χ4v) is 8.40. The average Bonchev–Trinajstić information content (AvgIpc) is 3.61. The van der Waals surface area contributed by atoms with Gasteiger partial charge in [0.1, 0.15) is 0 Å². The van der Waals surface area contributed by atoms with E-state index in [-0.39, 0.29) is 23.1 Å². The molecule has 4 heterocycles. The van der Waals surface area contributed by atoms with Gasteiger partial charge in [-0.15, -0.1) is 45.3 Å². The third-order valence-electron chi connectivity index (χ3n) is 6.69. The molecule has 184 valence electrons. The van der Waals surface area contributed by atoms with Gasteiger partial charge in [0.05, 0.1) is 19.5 Å². The Hall–Kier alpha value is -2.52. The second-order valence-electron chi connectivity index (χ2n) is 9.20. The van der Waals surface area contributed by atoms with Gasteiger partial charge < -0.3 is 0 Å². The number of hydrogen-bond donors (Lipinski definition) is 0. The summed E-state index contributed by atoms with van der Waals surface area (Å²) in [7, 11) is 0. The van der Waals surface area contributed by atoms with Crippen LogP contribution in [0, 0.1) is 51.4 Å². The fraction of sp³-hybridized carbons (Fsp3) is 0.286. The molecule has 0 unspecified atom stereocenters. The van der Waals surface area contributed by atoms with E-state index in [1.807, 2.05) is 52.0 Å². The zero-order valence-corrected chi connectivity index (χ0v) is 23.5. The SMILES string of the molecule is Cc1ccc(C(=O)C2C(C(=O)c3ccc(C)s3)C(C(=O)c3ccc(C)s3)C2C(=O)c2ccc(C)s2)s1. The van der Waals surface area contributed by atoms with Gasteiger partial charge in [-0.3, -0.25) is 19.2 Å². The van der Waals surface area contributed by atoms with Crippen LogP contribution in [-0.4, -0.2) is 23.1 Å². The molecule has 4 aromatic rings. The molecule has 0 N–H and O–H groups in total. The molecule has 8 heteroatoms. The second kappa shape index (κ2) is 9.74. The number of aryl methyl sites for hydroxylation is 4. The van der Waals surface area contributed by atoms with E-state index in [1.54, 1.807) is 24.3 Å². The monoisotopic (exact) mass is 552 g/mol. The standard InChI is InChI=1S/C28H24O4S4/c1-13-5-9-17(33-13)25(29)21-22(26(30)18-10-6-14(2)34-18)24(28(32)20-12-8-16(4)36-20)23(21)27(31)19-11-7-15(3)35-19/h5-12,21-24H,1-4H3. The van der Waals surface area contributed by atoms with E-state index in [9.17, 15) is 19.2 Å². The van der Waals surface area contributed by atoms with E-state index in [4.69, 9.17) is 0 Å². The summed E-state index contributed by atoms with van der Waals surface area (Å²) in [6.07, 6.45) is 0. The maximum Gasteiger partial charge on any atom is 0.177 e. The van der Waals surface area contributed by atoms with Crippen LogP contribution in [0.4, 0.5) is 0 Å². The quantitative estimate of drug-likeness (QED) is 0.213. The summed E-state index contributed by atoms with van der Waals surface area (Å²) < 4.78 is 0. The van der Waals surface area contributed by atoms with Crippen LogP contribution < -0.4 is 0 Å². The van der Waals surface area contributed by atoms with Crippen LogP contribution in [-0.2, 0) is 0 Å². The minimum absolute atomic E-state index is 0.224. The zero-order chi connectivity index (χ0) is 25.7. The molecule has 0 bridgehead atoms. The Morgan fingerprint density at radius 3 is 0.750 bits per heavy atom. The molecular formula is C28H24O4S4. The fourth-order valence-electron chi connectivity index (χ4n) is 4.98. The molecule has 4 nitrogen and oxygen atoms in total. The van der Waals surface area contributed by atoms with Crippen LogP contribution in [0.25, 0.3) is 0 Å². The van der Waals surface area contributed by atoms with Crippen LogP contribution >= 0.6 is 45.3 Å². The molecule has 1 fully saturated rings. The number of hydrogen-bond acceptors (Lipinski definition) is 8. The average molecular weight is 553 g/mol. The maximum absolute atomic E-state index is 13.9. The molecule has 0 radical (unpaired) electrons. The zero-order valence-electron chi connectivity index (χ0n) is 20.2. The lowest BCUT2D eigenvalue weighted by molar-refractivity contribution is 0.00777. The largest absolute Gasteiger partial charge is 0.293 e. The Labute approximate surface area is 225 Å². The summed E-state index contributed by atoms with van der Waals surface area (Å²) in [5.74, 6) is -4.39. The predicted octanol–water partition coefficient (Wildman–Crippen LogP) is 7.48. The van der Waals surface area contributed by atoms with Crippen LogP contribution in [0.3, 0.4) is 0 Å². The van der Waals surface area contributed by atoms with E-state index in [2.05, 4.69) is 0 Å². The highest BCUT2D eigenvalue weighted by molar-refractivity contribution is 7.15. The van der Waals surface area contributed by atoms with E-state index in [1.165, 1.54) is 45.3 Å². The Morgan fingerprint density at radius 2 is 0.611 bits per heavy atom. The molecule has 4 aromatic heterocycles. The first-order chi connectivity index (χ1) is 17.2. The van der Waals surface area contributed by atoms with Crippen LogP contribution in [0.15, 0.2) is 48.5 Å². The van der Waals surface area contributed by atoms with Crippen molar-refractivity contribution in [1.29, 1.82) is 0 Å². The third-order valence-corrected chi connectivity index (χ3v) is 10.8. The van der Waals surface area contributed by atoms with Gasteiger partial charge in [0.15, 0.2) is 23.1 Å². The highest BCUT2D eigenvalue weighted by Crippen LogP contribution is 2.53. The first-order valence-corrected chi connectivity index (χ1v) is 14.8. The van der Waals surface area contributed by atoms with Gasteiger partial charge in [-0.05, 0) is 76.2 Å². The summed E-state index contributed by atoms with van der Waals surface area (Å²) in [6, 6.07) is 14.5. The summed E-state index contributed by atoms with van der Waals surface area (Å²) in [6.45, 7) is 7.67. The van der Waals surface area contributed by atoms with Gasteiger partial charge >= 0.3 is 0 Å². The number of rotatable bonds is 8. The third kappa shape index (κ3) is 4.41. The van der Waals surface area contributed by atoms with Crippen molar-refractivity contribution in [2.75, 3.05) is 0 Å². The van der Waals surface area contributed by atoms with Gasteiger partial charge in [-0.25, -0.2) is 0 Å². The molecule has 0 aromatic carbocycles. The number of Topliss-reactive ketones (excluding diaryl/α,β-unsaturated/α-hetero) is 4. The second-order valence-corrected chi connectivity index (χ2v) is 14.4. The molecule has 36 heavy (non-hydrogen) atoms. The summed E-state index contributed by atoms with van der Waals surface area (Å²) in [5, 5.41) is 0. The molecule has 0 aliphatic heterocycles. The lowest BCUT2D eigenvalue weighted by Gasteiger charge is -2.48. The van der Waals surface area contributed by atoms with Gasteiger partial charge in [-0.1, -0.05) is 0 Å². The van der Waals surface area contributed by atoms with Gasteiger partial charge in [-0.2, -0.15) is 0 Å². The molecule has 5 rings (SSSR count). The highest BCUT2D eigenvalue weighted by atomic mass is 32.1. The molecule has 0 atom stereocenters.